The third kappa shape index (κ3) is 5.67. The fourth-order valence-corrected chi connectivity index (χ4v) is 7.02. The molecule has 3 aromatic heterocycles. The van der Waals surface area contributed by atoms with Crippen LogP contribution < -0.4 is 4.74 Å². The van der Waals surface area contributed by atoms with Crippen LogP contribution in [0.3, 0.4) is 0 Å². The van der Waals surface area contributed by atoms with Crippen LogP contribution in [0.4, 0.5) is 0 Å². The standard InChI is InChI=1S/C35H31ClN4O4S/c1-19-11-28-33(32(26(19)15-31(41)42)25-7-6-23(36)14-30(25)44-35(2,3)4)45-34(39-28)21-9-10-37-27(13-21)20-5-8-29-22(12-20)16-38-40(29)24-17-43-18-24/h5-14,16,24H,15,17-18H2,1-4H3,(H,41,42). The number of hydrogen-bond donors (Lipinski definition) is 1. The van der Waals surface area contributed by atoms with Crippen LogP contribution in [0, 0.1) is 6.92 Å². The van der Waals surface area contributed by atoms with Gasteiger partial charge in [0.25, 0.3) is 0 Å². The van der Waals surface area contributed by atoms with E-state index in [0.717, 1.165) is 65.2 Å². The first-order chi connectivity index (χ1) is 21.5. The van der Waals surface area contributed by atoms with E-state index in [1.165, 1.54) is 11.3 Å². The van der Waals surface area contributed by atoms with Crippen molar-refractivity contribution in [3.63, 3.8) is 0 Å². The molecule has 0 unspecified atom stereocenters. The van der Waals surface area contributed by atoms with E-state index < -0.39 is 11.6 Å². The smallest absolute Gasteiger partial charge is 0.307 e. The number of thiazole rings is 1. The lowest BCUT2D eigenvalue weighted by Gasteiger charge is -2.26. The zero-order valence-electron chi connectivity index (χ0n) is 25.3. The van der Waals surface area contributed by atoms with E-state index >= 15 is 0 Å². The predicted molar refractivity (Wildman–Crippen MR) is 178 cm³/mol. The molecule has 1 saturated heterocycles. The second-order valence-electron chi connectivity index (χ2n) is 12.3. The van der Waals surface area contributed by atoms with E-state index in [9.17, 15) is 9.90 Å². The number of carboxylic acid groups (broad SMARTS) is 1. The zero-order valence-corrected chi connectivity index (χ0v) is 26.9. The number of carbonyl (C=O) groups is 1. The highest BCUT2D eigenvalue weighted by Gasteiger charge is 2.25. The molecule has 1 fully saturated rings. The van der Waals surface area contributed by atoms with Crippen molar-refractivity contribution in [1.29, 1.82) is 0 Å². The molecule has 1 N–H and O–H groups in total. The Morgan fingerprint density at radius 1 is 1.11 bits per heavy atom. The van der Waals surface area contributed by atoms with Crippen molar-refractivity contribution in [3.8, 4) is 38.7 Å². The minimum absolute atomic E-state index is 0.131. The van der Waals surface area contributed by atoms with Crippen LogP contribution >= 0.6 is 22.9 Å². The number of halogens is 1. The molecule has 0 radical (unpaired) electrons. The van der Waals surface area contributed by atoms with Gasteiger partial charge >= 0.3 is 5.97 Å². The molecule has 0 atom stereocenters. The molecule has 0 saturated carbocycles. The fraction of sp³-hybridized carbons (Fsp3) is 0.257. The van der Waals surface area contributed by atoms with Crippen LogP contribution in [0.5, 0.6) is 5.75 Å². The summed E-state index contributed by atoms with van der Waals surface area (Å²) >= 11 is 7.94. The molecule has 0 bridgehead atoms. The van der Waals surface area contributed by atoms with Crippen molar-refractivity contribution < 1.29 is 19.4 Å². The molecule has 1 aliphatic heterocycles. The average Bonchev–Trinajstić information content (AvgIpc) is 3.56. The van der Waals surface area contributed by atoms with Crippen molar-refractivity contribution in [3.05, 3.63) is 83.1 Å². The van der Waals surface area contributed by atoms with E-state index in [4.69, 9.17) is 26.1 Å². The lowest BCUT2D eigenvalue weighted by atomic mass is 9.92. The van der Waals surface area contributed by atoms with Crippen molar-refractivity contribution in [1.82, 2.24) is 19.7 Å². The summed E-state index contributed by atoms with van der Waals surface area (Å²) < 4.78 is 14.6. The summed E-state index contributed by atoms with van der Waals surface area (Å²) in [6.07, 6.45) is 3.56. The molecule has 0 aliphatic carbocycles. The number of aromatic nitrogens is 4. The molecule has 7 rings (SSSR count). The van der Waals surface area contributed by atoms with Gasteiger partial charge in [0.1, 0.15) is 16.4 Å². The third-order valence-electron chi connectivity index (χ3n) is 7.83. The molecular formula is C35H31ClN4O4S. The number of pyridine rings is 1. The number of aryl methyl sites for hydroxylation is 1. The van der Waals surface area contributed by atoms with Crippen LogP contribution in [0.15, 0.2) is 67.0 Å². The number of hydrogen-bond acceptors (Lipinski definition) is 7. The van der Waals surface area contributed by atoms with Gasteiger partial charge in [-0.15, -0.1) is 11.3 Å². The third-order valence-corrected chi connectivity index (χ3v) is 9.21. The maximum atomic E-state index is 12.1. The molecule has 45 heavy (non-hydrogen) atoms. The molecule has 10 heteroatoms. The Bertz CT molecular complexity index is 2110. The molecule has 0 spiro atoms. The summed E-state index contributed by atoms with van der Waals surface area (Å²) in [7, 11) is 0. The summed E-state index contributed by atoms with van der Waals surface area (Å²) in [6, 6.07) is 18.0. The van der Waals surface area contributed by atoms with Gasteiger partial charge in [-0.1, -0.05) is 17.7 Å². The van der Waals surface area contributed by atoms with Crippen molar-refractivity contribution in [2.24, 2.45) is 0 Å². The summed E-state index contributed by atoms with van der Waals surface area (Å²) in [5, 5.41) is 16.9. The first-order valence-electron chi connectivity index (χ1n) is 14.7. The van der Waals surface area contributed by atoms with Gasteiger partial charge in [0.15, 0.2) is 0 Å². The minimum atomic E-state index is -0.905. The van der Waals surface area contributed by atoms with Crippen LogP contribution in [0.25, 0.3) is 54.1 Å². The van der Waals surface area contributed by atoms with Gasteiger partial charge in [-0.25, -0.2) is 4.98 Å². The number of fused-ring (bicyclic) bond motifs is 2. The molecule has 1 aliphatic rings. The Balaban J connectivity index is 1.35. The van der Waals surface area contributed by atoms with Crippen LogP contribution in [0.1, 0.15) is 37.9 Å². The van der Waals surface area contributed by atoms with Gasteiger partial charge in [-0.2, -0.15) is 5.10 Å². The van der Waals surface area contributed by atoms with Crippen molar-refractivity contribution in [2.75, 3.05) is 13.2 Å². The van der Waals surface area contributed by atoms with Gasteiger partial charge in [-0.3, -0.25) is 14.5 Å². The number of carboxylic acids is 1. The monoisotopic (exact) mass is 638 g/mol. The highest BCUT2D eigenvalue weighted by atomic mass is 35.5. The van der Waals surface area contributed by atoms with Crippen molar-refractivity contribution >= 4 is 50.0 Å². The van der Waals surface area contributed by atoms with Gasteiger partial charge in [0.2, 0.25) is 0 Å². The lowest BCUT2D eigenvalue weighted by Crippen LogP contribution is -2.31. The molecule has 3 aromatic carbocycles. The SMILES string of the molecule is Cc1cc2nc(-c3ccnc(-c4ccc5c(cnn5C5COC5)c4)c3)sc2c(-c2ccc(Cl)cc2OC(C)(C)C)c1CC(=O)O. The van der Waals surface area contributed by atoms with E-state index in [0.29, 0.717) is 24.0 Å². The fourth-order valence-electron chi connectivity index (χ4n) is 5.73. The maximum absolute atomic E-state index is 12.1. The summed E-state index contributed by atoms with van der Waals surface area (Å²) in [5.74, 6) is -0.309. The maximum Gasteiger partial charge on any atom is 0.307 e. The Labute approximate surface area is 269 Å². The topological polar surface area (TPSA) is 99.4 Å². The van der Waals surface area contributed by atoms with Gasteiger partial charge in [-0.05, 0) is 87.4 Å². The largest absolute Gasteiger partial charge is 0.487 e. The number of benzene rings is 3. The highest BCUT2D eigenvalue weighted by molar-refractivity contribution is 7.22. The molecule has 228 valence electrons. The number of nitrogens with zero attached hydrogens (tertiary/aromatic N) is 4. The first-order valence-corrected chi connectivity index (χ1v) is 15.9. The van der Waals surface area contributed by atoms with E-state index in [1.807, 2.05) is 68.9 Å². The highest BCUT2D eigenvalue weighted by Crippen LogP contribution is 2.45. The first kappa shape index (κ1) is 29.4. The normalized spacial score (nSPS) is 13.8. The Morgan fingerprint density at radius 3 is 2.67 bits per heavy atom. The number of rotatable bonds is 7. The van der Waals surface area contributed by atoms with E-state index in [2.05, 4.69) is 28.3 Å². The molecule has 4 heterocycles. The molecular weight excluding hydrogens is 608 g/mol. The number of ether oxygens (including phenoxy) is 2. The van der Waals surface area contributed by atoms with Crippen LogP contribution in [-0.4, -0.2) is 49.6 Å². The van der Waals surface area contributed by atoms with Crippen LogP contribution in [0.2, 0.25) is 5.02 Å². The Hall–Kier alpha value is -4.31. The van der Waals surface area contributed by atoms with Gasteiger partial charge < -0.3 is 14.6 Å². The van der Waals surface area contributed by atoms with Gasteiger partial charge in [0.05, 0.1) is 53.3 Å². The average molecular weight is 639 g/mol. The van der Waals surface area contributed by atoms with Gasteiger partial charge in [0, 0.05) is 38.9 Å². The Kier molecular flexibility index (Phi) is 7.35. The molecule has 0 amide bonds. The lowest BCUT2D eigenvalue weighted by molar-refractivity contribution is -0.136. The Morgan fingerprint density at radius 2 is 1.93 bits per heavy atom. The second kappa shape index (κ2) is 11.2. The minimum Gasteiger partial charge on any atom is -0.487 e. The summed E-state index contributed by atoms with van der Waals surface area (Å²) in [6.45, 7) is 9.22. The number of aliphatic carboxylic acids is 1. The molecule has 6 aromatic rings. The predicted octanol–water partition coefficient (Wildman–Crippen LogP) is 8.38. The van der Waals surface area contributed by atoms with Crippen molar-refractivity contribution in [2.45, 2.75) is 45.8 Å². The second-order valence-corrected chi connectivity index (χ2v) is 13.8. The van der Waals surface area contributed by atoms with E-state index in [1.54, 1.807) is 12.3 Å². The van der Waals surface area contributed by atoms with Crippen LogP contribution in [-0.2, 0) is 16.0 Å². The quantitative estimate of drug-likeness (QED) is 0.187. The van der Waals surface area contributed by atoms with E-state index in [-0.39, 0.29) is 12.5 Å². The summed E-state index contributed by atoms with van der Waals surface area (Å²) in [5.41, 5.74) is 7.29. The molecule has 8 nitrogen and oxygen atoms in total. The zero-order chi connectivity index (χ0) is 31.5. The summed E-state index contributed by atoms with van der Waals surface area (Å²) in [4.78, 5) is 21.8.